The number of rotatable bonds is 10. The number of ether oxygens (including phenoxy) is 1. The second kappa shape index (κ2) is 10.5. The molecule has 2 aliphatic rings. The van der Waals surface area contributed by atoms with Crippen LogP contribution in [-0.4, -0.2) is 69.8 Å². The molecule has 10 nitrogen and oxygen atoms in total. The molecule has 1 amide bonds. The Morgan fingerprint density at radius 1 is 1.50 bits per heavy atom. The minimum atomic E-state index is -1.17. The molecule has 32 heavy (non-hydrogen) atoms. The molecule has 0 aliphatic carbocycles. The number of thioether (sulfide) groups is 1. The number of nitrogen functional groups attached to an aromatic ring is 1. The number of thiazole rings is 1. The number of hydrogen-bond acceptors (Lipinski definition) is 10. The molecule has 2 aliphatic heterocycles. The standard InChI is InChI=1S/C20H26N4O6S2/c1-4-10(14-6-5-7-30-14)16(19(27)28)24-17(26)11(18(24)31-3)8-13(25)15(23-29-2)12-9-32-20(21)22-12/h9,11,14,18H,4-8H2,1-3H3,(H2,21,22)(H,27,28)/b16-10+,23-15-/t11-,14+,18-/m1/s1. The zero-order chi connectivity index (χ0) is 23.4. The molecule has 3 heterocycles. The van der Waals surface area contributed by atoms with Gasteiger partial charge in [0.25, 0.3) is 0 Å². The van der Waals surface area contributed by atoms with Gasteiger partial charge in [0.2, 0.25) is 5.91 Å². The zero-order valence-electron chi connectivity index (χ0n) is 18.1. The van der Waals surface area contributed by atoms with E-state index in [9.17, 15) is 19.5 Å². The van der Waals surface area contributed by atoms with Crippen LogP contribution in [0.25, 0.3) is 0 Å². The van der Waals surface area contributed by atoms with E-state index in [1.165, 1.54) is 23.8 Å². The molecule has 1 aromatic heterocycles. The Bertz CT molecular complexity index is 954. The molecule has 3 atom stereocenters. The van der Waals surface area contributed by atoms with Gasteiger partial charge in [-0.25, -0.2) is 9.78 Å². The summed E-state index contributed by atoms with van der Waals surface area (Å²) in [6.07, 6.45) is 3.36. The third-order valence-electron chi connectivity index (χ3n) is 5.46. The van der Waals surface area contributed by atoms with Crippen molar-refractivity contribution in [3.05, 3.63) is 22.3 Å². The summed E-state index contributed by atoms with van der Waals surface area (Å²) in [5.74, 6) is -2.69. The lowest BCUT2D eigenvalue weighted by Gasteiger charge is -2.46. The van der Waals surface area contributed by atoms with Crippen molar-refractivity contribution >= 4 is 51.6 Å². The largest absolute Gasteiger partial charge is 0.477 e. The molecule has 1 aromatic rings. The third kappa shape index (κ3) is 4.66. The summed E-state index contributed by atoms with van der Waals surface area (Å²) in [5.41, 5.74) is 6.48. The highest BCUT2D eigenvalue weighted by atomic mass is 32.2. The average molecular weight is 483 g/mol. The van der Waals surface area contributed by atoms with E-state index in [1.807, 2.05) is 6.92 Å². The number of hydrogen-bond donors (Lipinski definition) is 2. The summed E-state index contributed by atoms with van der Waals surface area (Å²) in [4.78, 5) is 48.4. The van der Waals surface area contributed by atoms with E-state index in [1.54, 1.807) is 11.6 Å². The first-order chi connectivity index (χ1) is 15.3. The Morgan fingerprint density at radius 2 is 2.25 bits per heavy atom. The highest BCUT2D eigenvalue weighted by molar-refractivity contribution is 7.99. The van der Waals surface area contributed by atoms with E-state index >= 15 is 0 Å². The number of carbonyl (C=O) groups is 3. The number of likely N-dealkylation sites (tertiary alicyclic amines) is 1. The second-order valence-corrected chi connectivity index (χ2v) is 9.14. The number of carboxylic acid groups (broad SMARTS) is 1. The van der Waals surface area contributed by atoms with Gasteiger partial charge in [0.1, 0.15) is 18.5 Å². The Morgan fingerprint density at radius 3 is 2.75 bits per heavy atom. The lowest BCUT2D eigenvalue weighted by atomic mass is 9.88. The van der Waals surface area contributed by atoms with Gasteiger partial charge in [-0.1, -0.05) is 12.1 Å². The summed E-state index contributed by atoms with van der Waals surface area (Å²) in [6, 6.07) is 0. The van der Waals surface area contributed by atoms with Gasteiger partial charge < -0.3 is 20.4 Å². The van der Waals surface area contributed by atoms with Crippen LogP contribution in [0.2, 0.25) is 0 Å². The smallest absolute Gasteiger partial charge is 0.352 e. The molecule has 0 unspecified atom stereocenters. The number of aromatic nitrogens is 1. The molecule has 0 bridgehead atoms. The molecular formula is C20H26N4O6S2. The predicted molar refractivity (Wildman–Crippen MR) is 121 cm³/mol. The van der Waals surface area contributed by atoms with Crippen molar-refractivity contribution < 1.29 is 29.1 Å². The molecule has 0 spiro atoms. The second-order valence-electron chi connectivity index (χ2n) is 7.30. The lowest BCUT2D eigenvalue weighted by molar-refractivity contribution is -0.153. The van der Waals surface area contributed by atoms with Gasteiger partial charge in [0, 0.05) is 18.4 Å². The van der Waals surface area contributed by atoms with Crippen LogP contribution in [0.15, 0.2) is 21.8 Å². The first kappa shape index (κ1) is 24.2. The number of aliphatic carboxylic acids is 1. The van der Waals surface area contributed by atoms with Crippen molar-refractivity contribution in [3.63, 3.8) is 0 Å². The Hall–Kier alpha value is -2.44. The summed E-state index contributed by atoms with van der Waals surface area (Å²) in [7, 11) is 1.31. The number of carbonyl (C=O) groups excluding carboxylic acids is 2. The fraction of sp³-hybridized carbons (Fsp3) is 0.550. The van der Waals surface area contributed by atoms with Crippen molar-refractivity contribution in [2.24, 2.45) is 11.1 Å². The zero-order valence-corrected chi connectivity index (χ0v) is 19.7. The summed E-state index contributed by atoms with van der Waals surface area (Å²) < 4.78 is 5.69. The number of oxime groups is 1. The molecule has 3 rings (SSSR count). The number of amides is 1. The van der Waals surface area contributed by atoms with Gasteiger partial charge in [-0.05, 0) is 31.1 Å². The van der Waals surface area contributed by atoms with E-state index in [-0.39, 0.29) is 34.8 Å². The van der Waals surface area contributed by atoms with Gasteiger partial charge in [-0.2, -0.15) is 0 Å². The molecule has 2 fully saturated rings. The number of ketones is 1. The Balaban J connectivity index is 1.85. The summed E-state index contributed by atoms with van der Waals surface area (Å²) >= 11 is 2.49. The maximum absolute atomic E-state index is 13.1. The predicted octanol–water partition coefficient (Wildman–Crippen LogP) is 2.11. The number of nitrogens with zero attached hydrogens (tertiary/aromatic N) is 3. The molecule has 0 radical (unpaired) electrons. The van der Waals surface area contributed by atoms with Crippen LogP contribution < -0.4 is 5.73 Å². The monoisotopic (exact) mass is 482 g/mol. The third-order valence-corrected chi connectivity index (χ3v) is 7.15. The number of Topliss-reactive ketones (excluding diaryl/α,β-unsaturated/α-hetero) is 1. The fourth-order valence-electron chi connectivity index (χ4n) is 4.04. The van der Waals surface area contributed by atoms with Crippen LogP contribution in [0.3, 0.4) is 0 Å². The molecule has 12 heteroatoms. The van der Waals surface area contributed by atoms with E-state index < -0.39 is 29.0 Å². The normalized spacial score (nSPS) is 24.2. The minimum Gasteiger partial charge on any atom is -0.477 e. The number of anilines is 1. The van der Waals surface area contributed by atoms with E-state index in [0.717, 1.165) is 24.2 Å². The van der Waals surface area contributed by atoms with Crippen LogP contribution >= 0.6 is 23.1 Å². The van der Waals surface area contributed by atoms with Crippen molar-refractivity contribution in [1.82, 2.24) is 9.88 Å². The molecule has 0 saturated carbocycles. The van der Waals surface area contributed by atoms with E-state index in [0.29, 0.717) is 18.6 Å². The van der Waals surface area contributed by atoms with Gasteiger partial charge in [0.15, 0.2) is 16.6 Å². The highest BCUT2D eigenvalue weighted by Gasteiger charge is 2.52. The van der Waals surface area contributed by atoms with Crippen LogP contribution in [-0.2, 0) is 24.0 Å². The maximum atomic E-state index is 13.1. The first-order valence-corrected chi connectivity index (χ1v) is 12.3. The van der Waals surface area contributed by atoms with E-state index in [4.69, 9.17) is 15.3 Å². The van der Waals surface area contributed by atoms with Crippen molar-refractivity contribution in [3.8, 4) is 0 Å². The molecule has 2 saturated heterocycles. The number of carboxylic acids is 1. The SMILES string of the molecule is CC/C(=C(/C(=O)O)N1C(=O)[C@@H](CC(=O)/C(=N\OC)c2csc(N)n2)[C@H]1SC)[C@@H]1CCCO1. The van der Waals surface area contributed by atoms with Crippen LogP contribution in [0, 0.1) is 5.92 Å². The van der Waals surface area contributed by atoms with E-state index in [2.05, 4.69) is 10.1 Å². The van der Waals surface area contributed by atoms with Crippen LogP contribution in [0.4, 0.5) is 5.13 Å². The molecular weight excluding hydrogens is 456 g/mol. The molecule has 174 valence electrons. The summed E-state index contributed by atoms with van der Waals surface area (Å²) in [6.45, 7) is 2.42. The first-order valence-electron chi connectivity index (χ1n) is 10.1. The molecule has 0 aromatic carbocycles. The van der Waals surface area contributed by atoms with Crippen LogP contribution in [0.5, 0.6) is 0 Å². The Kier molecular flexibility index (Phi) is 7.91. The number of nitrogens with two attached hydrogens (primary N) is 1. The van der Waals surface area contributed by atoms with Crippen molar-refractivity contribution in [1.29, 1.82) is 0 Å². The summed E-state index contributed by atoms with van der Waals surface area (Å²) in [5, 5.41) is 15.1. The quantitative estimate of drug-likeness (QED) is 0.222. The maximum Gasteiger partial charge on any atom is 0.352 e. The highest BCUT2D eigenvalue weighted by Crippen LogP contribution is 2.41. The van der Waals surface area contributed by atoms with Gasteiger partial charge in [-0.15, -0.1) is 23.1 Å². The topological polar surface area (TPSA) is 144 Å². The number of β-lactam (4-membered cyclic amide) rings is 1. The van der Waals surface area contributed by atoms with Gasteiger partial charge in [-0.3, -0.25) is 14.5 Å². The Labute approximate surface area is 193 Å². The van der Waals surface area contributed by atoms with Crippen molar-refractivity contribution in [2.75, 3.05) is 25.7 Å². The average Bonchev–Trinajstić information content (AvgIpc) is 3.44. The van der Waals surface area contributed by atoms with Crippen molar-refractivity contribution in [2.45, 2.75) is 44.1 Å². The fourth-order valence-corrected chi connectivity index (χ4v) is 5.55. The van der Waals surface area contributed by atoms with Gasteiger partial charge >= 0.3 is 5.97 Å². The van der Waals surface area contributed by atoms with Gasteiger partial charge in [0.05, 0.1) is 17.4 Å². The van der Waals surface area contributed by atoms with Crippen LogP contribution in [0.1, 0.15) is 38.3 Å². The lowest BCUT2D eigenvalue weighted by Crippen LogP contribution is -2.60. The molecule has 3 N–H and O–H groups in total. The minimum absolute atomic E-state index is 0.0193.